The molecule has 118 valence electrons. The summed E-state index contributed by atoms with van der Waals surface area (Å²) in [6, 6.07) is 5.27. The molecule has 0 aliphatic heterocycles. The Morgan fingerprint density at radius 1 is 1.23 bits per heavy atom. The molecule has 0 spiro atoms. The van der Waals surface area contributed by atoms with E-state index in [1.807, 2.05) is 16.8 Å². The number of hydrogen-bond acceptors (Lipinski definition) is 3. The second kappa shape index (κ2) is 6.93. The number of thiophene rings is 1. The number of nitrogens with two attached hydrogens (primary N) is 1. The summed E-state index contributed by atoms with van der Waals surface area (Å²) < 4.78 is 38.4. The fourth-order valence-corrected chi connectivity index (χ4v) is 2.67. The first-order chi connectivity index (χ1) is 10.4. The monoisotopic (exact) mass is 328 g/mol. The minimum Gasteiger partial charge on any atom is -0.326 e. The molecule has 1 aromatic carbocycles. The molecule has 1 aromatic heterocycles. The maximum absolute atomic E-state index is 12.8. The van der Waals surface area contributed by atoms with Crippen molar-refractivity contribution in [3.8, 4) is 0 Å². The number of carbonyl (C=O) groups is 1. The third kappa shape index (κ3) is 4.57. The highest BCUT2D eigenvalue weighted by molar-refractivity contribution is 7.07. The summed E-state index contributed by atoms with van der Waals surface area (Å²) in [5.74, 6) is -0.325. The van der Waals surface area contributed by atoms with E-state index >= 15 is 0 Å². The number of benzene rings is 1. The zero-order valence-electron chi connectivity index (χ0n) is 11.6. The zero-order valence-corrected chi connectivity index (χ0v) is 12.4. The molecule has 3 N–H and O–H groups in total. The molecule has 0 unspecified atom stereocenters. The Hall–Kier alpha value is -1.86. The highest BCUT2D eigenvalue weighted by atomic mass is 32.1. The fraction of sp³-hybridized carbons (Fsp3) is 0.267. The van der Waals surface area contributed by atoms with E-state index in [1.165, 1.54) is 17.4 Å². The Morgan fingerprint density at radius 2 is 2.00 bits per heavy atom. The quantitative estimate of drug-likeness (QED) is 0.877. The van der Waals surface area contributed by atoms with E-state index in [0.29, 0.717) is 12.0 Å². The minimum absolute atomic E-state index is 0.0261. The van der Waals surface area contributed by atoms with Crippen LogP contribution in [0.3, 0.4) is 0 Å². The summed E-state index contributed by atoms with van der Waals surface area (Å²) in [7, 11) is 0. The maximum atomic E-state index is 12.8. The maximum Gasteiger partial charge on any atom is 0.416 e. The van der Waals surface area contributed by atoms with Gasteiger partial charge in [0.2, 0.25) is 5.91 Å². The molecule has 0 saturated carbocycles. The Morgan fingerprint density at radius 3 is 2.59 bits per heavy atom. The van der Waals surface area contributed by atoms with E-state index in [2.05, 4.69) is 5.32 Å². The standard InChI is InChI=1S/C15H15F3N2OS/c16-15(17,18)12-5-11(8-19)6-13(7-12)20-14(21)2-1-10-3-4-22-9-10/h3-7,9H,1-2,8,19H2,(H,20,21). The van der Waals surface area contributed by atoms with Gasteiger partial charge in [-0.3, -0.25) is 4.79 Å². The summed E-state index contributed by atoms with van der Waals surface area (Å²) in [5.41, 5.74) is 6.06. The number of hydrogen-bond donors (Lipinski definition) is 2. The van der Waals surface area contributed by atoms with Crippen molar-refractivity contribution in [2.24, 2.45) is 5.73 Å². The molecule has 0 bridgehead atoms. The lowest BCUT2D eigenvalue weighted by Crippen LogP contribution is -2.14. The average Bonchev–Trinajstić information content (AvgIpc) is 2.97. The number of carbonyl (C=O) groups excluding carboxylic acids is 1. The molecule has 1 heterocycles. The normalized spacial score (nSPS) is 11.5. The lowest BCUT2D eigenvalue weighted by atomic mass is 10.1. The van der Waals surface area contributed by atoms with Gasteiger partial charge in [-0.2, -0.15) is 24.5 Å². The lowest BCUT2D eigenvalue weighted by molar-refractivity contribution is -0.137. The van der Waals surface area contributed by atoms with Crippen LogP contribution in [0.1, 0.15) is 23.1 Å². The van der Waals surface area contributed by atoms with Gasteiger partial charge in [0.15, 0.2) is 0 Å². The number of anilines is 1. The summed E-state index contributed by atoms with van der Waals surface area (Å²) in [4.78, 5) is 11.8. The number of alkyl halides is 3. The fourth-order valence-electron chi connectivity index (χ4n) is 1.96. The largest absolute Gasteiger partial charge is 0.416 e. The van der Waals surface area contributed by atoms with Crippen molar-refractivity contribution >= 4 is 22.9 Å². The highest BCUT2D eigenvalue weighted by Gasteiger charge is 2.31. The van der Waals surface area contributed by atoms with Crippen LogP contribution in [-0.2, 0) is 23.9 Å². The predicted molar refractivity (Wildman–Crippen MR) is 80.6 cm³/mol. The molecule has 7 heteroatoms. The Labute approximate surface area is 130 Å². The molecule has 0 saturated heterocycles. The van der Waals surface area contributed by atoms with Gasteiger partial charge >= 0.3 is 6.18 Å². The number of amides is 1. The summed E-state index contributed by atoms with van der Waals surface area (Å²) in [6.45, 7) is -0.0261. The van der Waals surface area contributed by atoms with Gasteiger partial charge in [0.25, 0.3) is 0 Å². The molecule has 1 amide bonds. The van der Waals surface area contributed by atoms with Crippen molar-refractivity contribution in [2.45, 2.75) is 25.6 Å². The van der Waals surface area contributed by atoms with Crippen LogP contribution < -0.4 is 11.1 Å². The lowest BCUT2D eigenvalue weighted by Gasteiger charge is -2.12. The predicted octanol–water partition coefficient (Wildman–Crippen LogP) is 3.80. The molecule has 2 rings (SSSR count). The second-order valence-electron chi connectivity index (χ2n) is 4.80. The summed E-state index contributed by atoms with van der Waals surface area (Å²) in [5, 5.41) is 6.35. The SMILES string of the molecule is NCc1cc(NC(=O)CCc2ccsc2)cc(C(F)(F)F)c1. The van der Waals surface area contributed by atoms with Gasteiger partial charge in [-0.25, -0.2) is 0 Å². The van der Waals surface area contributed by atoms with E-state index in [9.17, 15) is 18.0 Å². The van der Waals surface area contributed by atoms with Gasteiger partial charge in [-0.15, -0.1) is 0 Å². The van der Waals surface area contributed by atoms with Gasteiger partial charge in [-0.1, -0.05) is 0 Å². The van der Waals surface area contributed by atoms with Crippen molar-refractivity contribution in [3.05, 3.63) is 51.7 Å². The minimum atomic E-state index is -4.47. The molecule has 0 aliphatic carbocycles. The molecular weight excluding hydrogens is 313 g/mol. The van der Waals surface area contributed by atoms with Gasteiger partial charge < -0.3 is 11.1 Å². The third-order valence-electron chi connectivity index (χ3n) is 3.06. The first-order valence-electron chi connectivity index (χ1n) is 6.60. The molecule has 3 nitrogen and oxygen atoms in total. The number of aryl methyl sites for hydroxylation is 1. The Bertz CT molecular complexity index is 639. The van der Waals surface area contributed by atoms with Crippen molar-refractivity contribution in [1.29, 1.82) is 0 Å². The van der Waals surface area contributed by atoms with Crippen molar-refractivity contribution < 1.29 is 18.0 Å². The first-order valence-corrected chi connectivity index (χ1v) is 7.55. The van der Waals surface area contributed by atoms with Gasteiger partial charge in [0, 0.05) is 18.7 Å². The Kier molecular flexibility index (Phi) is 5.20. The molecular formula is C15H15F3N2OS. The van der Waals surface area contributed by atoms with E-state index in [-0.39, 0.29) is 24.6 Å². The Balaban J connectivity index is 2.06. The van der Waals surface area contributed by atoms with E-state index in [1.54, 1.807) is 0 Å². The first kappa shape index (κ1) is 16.5. The van der Waals surface area contributed by atoms with Crippen LogP contribution in [0.4, 0.5) is 18.9 Å². The van der Waals surface area contributed by atoms with Crippen LogP contribution in [0.25, 0.3) is 0 Å². The molecule has 0 aliphatic rings. The van der Waals surface area contributed by atoms with E-state index < -0.39 is 11.7 Å². The van der Waals surface area contributed by atoms with Gasteiger partial charge in [0.05, 0.1) is 5.56 Å². The van der Waals surface area contributed by atoms with E-state index in [4.69, 9.17) is 5.73 Å². The molecule has 0 radical (unpaired) electrons. The highest BCUT2D eigenvalue weighted by Crippen LogP contribution is 2.32. The van der Waals surface area contributed by atoms with Crippen LogP contribution >= 0.6 is 11.3 Å². The van der Waals surface area contributed by atoms with Crippen molar-refractivity contribution in [1.82, 2.24) is 0 Å². The molecule has 22 heavy (non-hydrogen) atoms. The van der Waals surface area contributed by atoms with Crippen LogP contribution in [0.15, 0.2) is 35.0 Å². The summed E-state index contributed by atoms with van der Waals surface area (Å²) >= 11 is 1.53. The number of nitrogens with one attached hydrogen (secondary N) is 1. The van der Waals surface area contributed by atoms with Gasteiger partial charge in [-0.05, 0) is 52.6 Å². The molecule has 0 fully saturated rings. The van der Waals surface area contributed by atoms with Crippen molar-refractivity contribution in [2.75, 3.05) is 5.32 Å². The van der Waals surface area contributed by atoms with Crippen molar-refractivity contribution in [3.63, 3.8) is 0 Å². The van der Waals surface area contributed by atoms with Gasteiger partial charge in [0.1, 0.15) is 0 Å². The number of rotatable bonds is 5. The third-order valence-corrected chi connectivity index (χ3v) is 3.79. The average molecular weight is 328 g/mol. The molecule has 0 atom stereocenters. The van der Waals surface area contributed by atoms with Crippen LogP contribution in [-0.4, -0.2) is 5.91 Å². The summed E-state index contributed by atoms with van der Waals surface area (Å²) in [6.07, 6.45) is -3.70. The van der Waals surface area contributed by atoms with Crippen LogP contribution in [0.2, 0.25) is 0 Å². The topological polar surface area (TPSA) is 55.1 Å². The van der Waals surface area contributed by atoms with Crippen LogP contribution in [0.5, 0.6) is 0 Å². The second-order valence-corrected chi connectivity index (χ2v) is 5.58. The smallest absolute Gasteiger partial charge is 0.326 e. The zero-order chi connectivity index (χ0) is 16.2. The van der Waals surface area contributed by atoms with E-state index in [0.717, 1.165) is 17.7 Å². The number of halogens is 3. The van der Waals surface area contributed by atoms with Crippen LogP contribution in [0, 0.1) is 0 Å². The molecule has 2 aromatic rings.